The van der Waals surface area contributed by atoms with E-state index in [1.54, 1.807) is 40.0 Å². The fourth-order valence-corrected chi connectivity index (χ4v) is 4.05. The standard InChI is InChI=1S/C22H25F4N3O/c1-13-5-6-15(23)9-17(13)20(2,3)12-21(30,22(24,25)26)10-16-7-14-8-19(27-4)28-11-18(14)29-16/h5-9,11,29-30H,10,12H2,1-4H3,(H,27,28). The number of fused-ring (bicyclic) bond motifs is 1. The SMILES string of the molecule is CNc1cc2cc(CC(O)(CC(C)(C)c3cc(F)ccc3C)C(F)(F)F)[nH]c2cn1. The molecule has 1 atom stereocenters. The molecular formula is C22H25F4N3O. The molecule has 3 rings (SSSR count). The van der Waals surface area contributed by atoms with Gasteiger partial charge in [0.2, 0.25) is 0 Å². The number of hydrogen-bond acceptors (Lipinski definition) is 3. The number of aromatic amines is 1. The smallest absolute Gasteiger partial charge is 0.380 e. The minimum absolute atomic E-state index is 0.242. The second-order valence-electron chi connectivity index (χ2n) is 8.43. The van der Waals surface area contributed by atoms with E-state index in [9.17, 15) is 22.7 Å². The van der Waals surface area contributed by atoms with Gasteiger partial charge in [-0.25, -0.2) is 9.37 Å². The lowest BCUT2D eigenvalue weighted by molar-refractivity contribution is -0.266. The molecule has 1 unspecified atom stereocenters. The minimum Gasteiger partial charge on any atom is -0.380 e. The van der Waals surface area contributed by atoms with Gasteiger partial charge in [-0.1, -0.05) is 19.9 Å². The zero-order chi connectivity index (χ0) is 22.3. The monoisotopic (exact) mass is 423 g/mol. The summed E-state index contributed by atoms with van der Waals surface area (Å²) >= 11 is 0. The first-order valence-corrected chi connectivity index (χ1v) is 9.56. The molecule has 0 radical (unpaired) electrons. The Morgan fingerprint density at radius 2 is 1.83 bits per heavy atom. The Balaban J connectivity index is 1.97. The summed E-state index contributed by atoms with van der Waals surface area (Å²) in [6.45, 7) is 4.88. The van der Waals surface area contributed by atoms with Crippen LogP contribution in [0.3, 0.4) is 0 Å². The number of halogens is 4. The van der Waals surface area contributed by atoms with Crippen LogP contribution in [0.25, 0.3) is 10.9 Å². The molecule has 0 amide bonds. The van der Waals surface area contributed by atoms with Crippen molar-refractivity contribution < 1.29 is 22.7 Å². The number of pyridine rings is 1. The van der Waals surface area contributed by atoms with Crippen molar-refractivity contribution in [3.63, 3.8) is 0 Å². The van der Waals surface area contributed by atoms with Gasteiger partial charge in [-0.3, -0.25) is 0 Å². The number of rotatable bonds is 6. The molecule has 8 heteroatoms. The molecule has 2 aromatic heterocycles. The molecule has 30 heavy (non-hydrogen) atoms. The van der Waals surface area contributed by atoms with Crippen LogP contribution < -0.4 is 5.32 Å². The van der Waals surface area contributed by atoms with Crippen LogP contribution >= 0.6 is 0 Å². The van der Waals surface area contributed by atoms with E-state index in [0.29, 0.717) is 27.8 Å². The topological polar surface area (TPSA) is 60.9 Å². The van der Waals surface area contributed by atoms with Crippen LogP contribution in [0, 0.1) is 12.7 Å². The van der Waals surface area contributed by atoms with E-state index in [2.05, 4.69) is 15.3 Å². The van der Waals surface area contributed by atoms with Crippen molar-refractivity contribution in [1.82, 2.24) is 9.97 Å². The van der Waals surface area contributed by atoms with Crippen molar-refractivity contribution in [2.75, 3.05) is 12.4 Å². The summed E-state index contributed by atoms with van der Waals surface area (Å²) in [6, 6.07) is 7.32. The Morgan fingerprint density at radius 3 is 2.47 bits per heavy atom. The summed E-state index contributed by atoms with van der Waals surface area (Å²) in [7, 11) is 1.70. The van der Waals surface area contributed by atoms with E-state index in [1.807, 2.05) is 0 Å². The second kappa shape index (κ2) is 7.58. The molecular weight excluding hydrogens is 398 g/mol. The molecule has 0 aliphatic heterocycles. The van der Waals surface area contributed by atoms with Crippen molar-refractivity contribution in [3.8, 4) is 0 Å². The maximum absolute atomic E-state index is 14.0. The molecule has 4 nitrogen and oxygen atoms in total. The Morgan fingerprint density at radius 1 is 1.13 bits per heavy atom. The zero-order valence-electron chi connectivity index (χ0n) is 17.3. The molecule has 0 saturated heterocycles. The van der Waals surface area contributed by atoms with Gasteiger partial charge < -0.3 is 15.4 Å². The lowest BCUT2D eigenvalue weighted by Gasteiger charge is -2.38. The first kappa shape index (κ1) is 22.1. The fraction of sp³-hybridized carbons (Fsp3) is 0.409. The second-order valence-corrected chi connectivity index (χ2v) is 8.43. The van der Waals surface area contributed by atoms with E-state index in [1.165, 1.54) is 24.4 Å². The third-order valence-electron chi connectivity index (χ3n) is 5.49. The number of aryl methyl sites for hydroxylation is 1. The number of benzene rings is 1. The highest BCUT2D eigenvalue weighted by molar-refractivity contribution is 5.82. The molecule has 1 aromatic carbocycles. The number of aromatic nitrogens is 2. The molecule has 0 aliphatic carbocycles. The number of nitrogens with zero attached hydrogens (tertiary/aromatic N) is 1. The van der Waals surface area contributed by atoms with Crippen LogP contribution in [0.4, 0.5) is 23.4 Å². The van der Waals surface area contributed by atoms with Gasteiger partial charge in [-0.15, -0.1) is 0 Å². The number of hydrogen-bond donors (Lipinski definition) is 3. The van der Waals surface area contributed by atoms with Gasteiger partial charge in [0.05, 0.1) is 11.7 Å². The molecule has 0 saturated carbocycles. The Kier molecular flexibility index (Phi) is 5.58. The summed E-state index contributed by atoms with van der Waals surface area (Å²) in [5.41, 5.74) is -2.20. The van der Waals surface area contributed by atoms with Crippen LogP contribution in [0.15, 0.2) is 36.5 Å². The molecule has 0 bridgehead atoms. The molecule has 2 heterocycles. The summed E-state index contributed by atoms with van der Waals surface area (Å²) in [5.74, 6) is 0.0597. The predicted molar refractivity (Wildman–Crippen MR) is 109 cm³/mol. The lowest BCUT2D eigenvalue weighted by Crippen LogP contribution is -2.51. The predicted octanol–water partition coefficient (Wildman–Crippen LogP) is 5.26. The summed E-state index contributed by atoms with van der Waals surface area (Å²) in [4.78, 5) is 7.05. The first-order chi connectivity index (χ1) is 13.8. The van der Waals surface area contributed by atoms with Crippen molar-refractivity contribution in [3.05, 3.63) is 59.2 Å². The van der Waals surface area contributed by atoms with E-state index in [-0.39, 0.29) is 5.69 Å². The van der Waals surface area contributed by atoms with Gasteiger partial charge in [-0.05, 0) is 54.2 Å². The number of nitrogens with one attached hydrogen (secondary N) is 2. The van der Waals surface area contributed by atoms with Gasteiger partial charge in [0.1, 0.15) is 11.6 Å². The normalized spacial score (nSPS) is 14.7. The summed E-state index contributed by atoms with van der Waals surface area (Å²) in [6.07, 6.45) is -4.63. The molecule has 3 N–H and O–H groups in total. The van der Waals surface area contributed by atoms with Crippen molar-refractivity contribution in [2.45, 2.75) is 50.8 Å². The largest absolute Gasteiger partial charge is 0.417 e. The quantitative estimate of drug-likeness (QED) is 0.474. The number of aliphatic hydroxyl groups is 1. The van der Waals surface area contributed by atoms with Crippen molar-refractivity contribution >= 4 is 16.7 Å². The number of H-pyrrole nitrogens is 1. The van der Waals surface area contributed by atoms with Crippen LogP contribution in [-0.4, -0.2) is 33.9 Å². The van der Waals surface area contributed by atoms with Crippen LogP contribution in [0.1, 0.15) is 37.1 Å². The molecule has 162 valence electrons. The number of alkyl halides is 3. The average molecular weight is 423 g/mol. The van der Waals surface area contributed by atoms with E-state index in [4.69, 9.17) is 0 Å². The van der Waals surface area contributed by atoms with Gasteiger partial charge in [0.25, 0.3) is 0 Å². The van der Waals surface area contributed by atoms with E-state index in [0.717, 1.165) is 0 Å². The van der Waals surface area contributed by atoms with Gasteiger partial charge in [-0.2, -0.15) is 13.2 Å². The summed E-state index contributed by atoms with van der Waals surface area (Å²) in [5, 5.41) is 14.4. The minimum atomic E-state index is -4.88. The van der Waals surface area contributed by atoms with Gasteiger partial charge in [0, 0.05) is 24.5 Å². The highest BCUT2D eigenvalue weighted by Gasteiger charge is 2.56. The maximum Gasteiger partial charge on any atom is 0.417 e. The molecule has 3 aromatic rings. The molecule has 0 spiro atoms. The van der Waals surface area contributed by atoms with Crippen molar-refractivity contribution in [2.24, 2.45) is 0 Å². The third kappa shape index (κ3) is 4.28. The lowest BCUT2D eigenvalue weighted by atomic mass is 9.72. The van der Waals surface area contributed by atoms with E-state index >= 15 is 0 Å². The Labute approximate surface area is 172 Å². The van der Waals surface area contributed by atoms with Gasteiger partial charge in [0.15, 0.2) is 5.60 Å². The van der Waals surface area contributed by atoms with Gasteiger partial charge >= 0.3 is 6.18 Å². The van der Waals surface area contributed by atoms with Crippen LogP contribution in [-0.2, 0) is 11.8 Å². The Hall–Kier alpha value is -2.61. The van der Waals surface area contributed by atoms with Crippen LogP contribution in [0.2, 0.25) is 0 Å². The molecule has 0 aliphatic rings. The fourth-order valence-electron chi connectivity index (χ4n) is 4.05. The van der Waals surface area contributed by atoms with Crippen LogP contribution in [0.5, 0.6) is 0 Å². The van der Waals surface area contributed by atoms with Crippen molar-refractivity contribution in [1.29, 1.82) is 0 Å². The maximum atomic E-state index is 14.0. The average Bonchev–Trinajstić information content (AvgIpc) is 3.03. The molecule has 0 fully saturated rings. The Bertz CT molecular complexity index is 1060. The highest BCUT2D eigenvalue weighted by atomic mass is 19.4. The third-order valence-corrected chi connectivity index (χ3v) is 5.49. The highest BCUT2D eigenvalue weighted by Crippen LogP contribution is 2.44. The summed E-state index contributed by atoms with van der Waals surface area (Å²) < 4.78 is 55.9. The zero-order valence-corrected chi connectivity index (χ0v) is 17.3. The van der Waals surface area contributed by atoms with E-state index < -0.39 is 35.9 Å². The first-order valence-electron chi connectivity index (χ1n) is 9.56. The number of anilines is 1.